The van der Waals surface area contributed by atoms with E-state index in [9.17, 15) is 14.4 Å². The zero-order valence-corrected chi connectivity index (χ0v) is 14.3. The lowest BCUT2D eigenvalue weighted by Crippen LogP contribution is -2.45. The highest BCUT2D eigenvalue weighted by Crippen LogP contribution is 2.10. The van der Waals surface area contributed by atoms with Crippen LogP contribution in [0.25, 0.3) is 0 Å². The van der Waals surface area contributed by atoms with Gasteiger partial charge in [-0.25, -0.2) is 9.59 Å². The van der Waals surface area contributed by atoms with Crippen molar-refractivity contribution in [3.8, 4) is 0 Å². The summed E-state index contributed by atoms with van der Waals surface area (Å²) in [6.45, 7) is 5.11. The first-order valence-corrected chi connectivity index (χ1v) is 7.48. The summed E-state index contributed by atoms with van der Waals surface area (Å²) in [5, 5.41) is 2.34. The molecular weight excluding hydrogens is 314 g/mol. The first-order chi connectivity index (χ1) is 11.2. The number of rotatable bonds is 6. The van der Waals surface area contributed by atoms with E-state index >= 15 is 0 Å². The fourth-order valence-electron chi connectivity index (χ4n) is 1.72. The Morgan fingerprint density at radius 3 is 2.29 bits per heavy atom. The third kappa shape index (κ3) is 7.62. The molecule has 1 atom stereocenters. The van der Waals surface area contributed by atoms with Gasteiger partial charge < -0.3 is 19.5 Å². The van der Waals surface area contributed by atoms with Crippen LogP contribution in [0.4, 0.5) is 4.79 Å². The third-order valence-corrected chi connectivity index (χ3v) is 2.79. The highest BCUT2D eigenvalue weighted by molar-refractivity contribution is 5.86. The van der Waals surface area contributed by atoms with Crippen molar-refractivity contribution < 1.29 is 28.6 Å². The molecule has 1 aromatic carbocycles. The maximum atomic E-state index is 12.1. The molecule has 0 saturated heterocycles. The van der Waals surface area contributed by atoms with Gasteiger partial charge in [0.15, 0.2) is 0 Å². The molecular formula is C17H23NO6. The smallest absolute Gasteiger partial charge is 0.408 e. The van der Waals surface area contributed by atoms with Gasteiger partial charge in [-0.05, 0) is 26.3 Å². The number of ether oxygens (including phenoxy) is 3. The van der Waals surface area contributed by atoms with E-state index < -0.39 is 29.7 Å². The summed E-state index contributed by atoms with van der Waals surface area (Å²) >= 11 is 0. The standard InChI is InChI=1S/C17H23NO6/c1-17(2,3)24-15(20)13(10-14(19)22-4)18-16(21)23-11-12-8-6-5-7-9-12/h5-9,13H,10-11H2,1-4H3,(H,18,21). The zero-order chi connectivity index (χ0) is 18.2. The fraction of sp³-hybridized carbons (Fsp3) is 0.471. The van der Waals surface area contributed by atoms with Crippen LogP contribution in [-0.4, -0.2) is 36.8 Å². The van der Waals surface area contributed by atoms with Gasteiger partial charge in [-0.2, -0.15) is 0 Å². The molecule has 0 radical (unpaired) electrons. The van der Waals surface area contributed by atoms with Gasteiger partial charge in [0.05, 0.1) is 13.5 Å². The number of nitrogens with one attached hydrogen (secondary N) is 1. The van der Waals surface area contributed by atoms with Crippen LogP contribution in [0.15, 0.2) is 30.3 Å². The molecule has 132 valence electrons. The van der Waals surface area contributed by atoms with Gasteiger partial charge >= 0.3 is 18.0 Å². The second-order valence-corrected chi connectivity index (χ2v) is 6.07. The van der Waals surface area contributed by atoms with E-state index in [1.54, 1.807) is 32.9 Å². The second-order valence-electron chi connectivity index (χ2n) is 6.07. The van der Waals surface area contributed by atoms with E-state index in [1.165, 1.54) is 7.11 Å². The van der Waals surface area contributed by atoms with Gasteiger partial charge in [0.25, 0.3) is 0 Å². The number of amides is 1. The number of hydrogen-bond acceptors (Lipinski definition) is 6. The molecule has 1 rings (SSSR count). The quantitative estimate of drug-likeness (QED) is 0.632. The molecule has 0 spiro atoms. The Morgan fingerprint density at radius 1 is 1.12 bits per heavy atom. The van der Waals surface area contributed by atoms with Crippen LogP contribution in [0.1, 0.15) is 32.8 Å². The zero-order valence-electron chi connectivity index (χ0n) is 14.3. The monoisotopic (exact) mass is 337 g/mol. The van der Waals surface area contributed by atoms with E-state index in [-0.39, 0.29) is 13.0 Å². The van der Waals surface area contributed by atoms with Crippen molar-refractivity contribution in [3.05, 3.63) is 35.9 Å². The second kappa shape index (κ2) is 8.90. The predicted octanol–water partition coefficient (Wildman–Crippen LogP) is 2.19. The van der Waals surface area contributed by atoms with Gasteiger partial charge in [0, 0.05) is 0 Å². The Kier molecular flexibility index (Phi) is 7.23. The predicted molar refractivity (Wildman–Crippen MR) is 86.0 cm³/mol. The average molecular weight is 337 g/mol. The molecule has 7 heteroatoms. The van der Waals surface area contributed by atoms with Crippen LogP contribution in [-0.2, 0) is 30.4 Å². The van der Waals surface area contributed by atoms with Crippen LogP contribution in [0.5, 0.6) is 0 Å². The molecule has 0 fully saturated rings. The molecule has 0 bridgehead atoms. The third-order valence-electron chi connectivity index (χ3n) is 2.79. The maximum absolute atomic E-state index is 12.1. The molecule has 1 aromatic rings. The molecule has 1 amide bonds. The number of carbonyl (C=O) groups excluding carboxylic acids is 3. The maximum Gasteiger partial charge on any atom is 0.408 e. The van der Waals surface area contributed by atoms with Crippen LogP contribution in [0, 0.1) is 0 Å². The lowest BCUT2D eigenvalue weighted by atomic mass is 10.1. The molecule has 0 aliphatic carbocycles. The van der Waals surface area contributed by atoms with Gasteiger partial charge in [-0.1, -0.05) is 30.3 Å². The van der Waals surface area contributed by atoms with Crippen molar-refractivity contribution in [2.45, 2.75) is 45.4 Å². The summed E-state index contributed by atoms with van der Waals surface area (Å²) in [5.41, 5.74) is 0.0515. The van der Waals surface area contributed by atoms with Gasteiger partial charge in [-0.15, -0.1) is 0 Å². The van der Waals surface area contributed by atoms with Crippen molar-refractivity contribution >= 4 is 18.0 Å². The molecule has 0 aliphatic rings. The number of esters is 2. The number of carbonyl (C=O) groups is 3. The molecule has 0 saturated carbocycles. The van der Waals surface area contributed by atoms with Gasteiger partial charge in [-0.3, -0.25) is 4.79 Å². The molecule has 0 heterocycles. The Labute approximate surface area is 141 Å². The normalized spacial score (nSPS) is 12.0. The van der Waals surface area contributed by atoms with Gasteiger partial charge in [0.1, 0.15) is 18.2 Å². The Bertz CT molecular complexity index is 564. The molecule has 7 nitrogen and oxygen atoms in total. The summed E-state index contributed by atoms with van der Waals surface area (Å²) in [6.07, 6.45) is -1.16. The largest absolute Gasteiger partial charge is 0.469 e. The average Bonchev–Trinajstić information content (AvgIpc) is 2.51. The topological polar surface area (TPSA) is 90.9 Å². The fourth-order valence-corrected chi connectivity index (χ4v) is 1.72. The first kappa shape index (κ1) is 19.5. The van der Waals surface area contributed by atoms with Crippen LogP contribution >= 0.6 is 0 Å². The molecule has 1 N–H and O–H groups in total. The van der Waals surface area contributed by atoms with Crippen molar-refractivity contribution in [2.24, 2.45) is 0 Å². The molecule has 24 heavy (non-hydrogen) atoms. The van der Waals surface area contributed by atoms with Crippen LogP contribution < -0.4 is 5.32 Å². The van der Waals surface area contributed by atoms with Gasteiger partial charge in [0.2, 0.25) is 0 Å². The lowest BCUT2D eigenvalue weighted by Gasteiger charge is -2.24. The minimum absolute atomic E-state index is 0.0476. The van der Waals surface area contributed by atoms with E-state index in [0.29, 0.717) is 0 Å². The highest BCUT2D eigenvalue weighted by atomic mass is 16.6. The minimum Gasteiger partial charge on any atom is -0.469 e. The minimum atomic E-state index is -1.18. The summed E-state index contributed by atoms with van der Waals surface area (Å²) < 4.78 is 14.8. The Morgan fingerprint density at radius 2 is 1.75 bits per heavy atom. The van der Waals surface area contributed by atoms with Crippen molar-refractivity contribution in [1.29, 1.82) is 0 Å². The van der Waals surface area contributed by atoms with Crippen molar-refractivity contribution in [1.82, 2.24) is 5.32 Å². The first-order valence-electron chi connectivity index (χ1n) is 7.48. The van der Waals surface area contributed by atoms with E-state index in [0.717, 1.165) is 5.56 Å². The summed E-state index contributed by atoms with van der Waals surface area (Å²) in [5.74, 6) is -1.38. The summed E-state index contributed by atoms with van der Waals surface area (Å²) in [6, 6.07) is 7.90. The number of hydrogen-bond donors (Lipinski definition) is 1. The van der Waals surface area contributed by atoms with E-state index in [2.05, 4.69) is 10.1 Å². The number of benzene rings is 1. The SMILES string of the molecule is COC(=O)CC(NC(=O)OCc1ccccc1)C(=O)OC(C)(C)C. The summed E-state index contributed by atoms with van der Waals surface area (Å²) in [7, 11) is 1.20. The molecule has 0 aliphatic heterocycles. The summed E-state index contributed by atoms with van der Waals surface area (Å²) in [4.78, 5) is 35.4. The van der Waals surface area contributed by atoms with E-state index in [4.69, 9.17) is 9.47 Å². The van der Waals surface area contributed by atoms with Crippen molar-refractivity contribution in [2.75, 3.05) is 7.11 Å². The Hall–Kier alpha value is -2.57. The Balaban J connectivity index is 2.64. The number of alkyl carbamates (subject to hydrolysis) is 1. The van der Waals surface area contributed by atoms with Crippen LogP contribution in [0.2, 0.25) is 0 Å². The van der Waals surface area contributed by atoms with Crippen molar-refractivity contribution in [3.63, 3.8) is 0 Å². The van der Waals surface area contributed by atoms with E-state index in [1.807, 2.05) is 18.2 Å². The molecule has 0 aromatic heterocycles. The van der Waals surface area contributed by atoms with Crippen LogP contribution in [0.3, 0.4) is 0 Å². The number of methoxy groups -OCH3 is 1. The molecule has 1 unspecified atom stereocenters. The highest BCUT2D eigenvalue weighted by Gasteiger charge is 2.29. The lowest BCUT2D eigenvalue weighted by molar-refractivity contribution is -0.160.